The molecule has 74 valence electrons. The lowest BCUT2D eigenvalue weighted by Crippen LogP contribution is -2.43. The maximum Gasteiger partial charge on any atom is 0.208 e. The maximum atomic E-state index is 4.11. The molecule has 0 spiro atoms. The zero-order valence-corrected chi connectivity index (χ0v) is 9.12. The van der Waals surface area contributed by atoms with Crippen molar-refractivity contribution in [1.82, 2.24) is 15.5 Å². The van der Waals surface area contributed by atoms with Gasteiger partial charge in [0.25, 0.3) is 0 Å². The van der Waals surface area contributed by atoms with Gasteiger partial charge in [0.1, 0.15) is 5.01 Å². The van der Waals surface area contributed by atoms with Crippen LogP contribution in [0.15, 0.2) is 0 Å². The minimum absolute atomic E-state index is 0. The SMILES string of the molecule is Cc1nnc(N2CCNCC2)s1.Cl. The van der Waals surface area contributed by atoms with Crippen molar-refractivity contribution in [2.24, 2.45) is 0 Å². The summed E-state index contributed by atoms with van der Waals surface area (Å²) in [5.41, 5.74) is 0. The molecule has 1 fully saturated rings. The van der Waals surface area contributed by atoms with Crippen molar-refractivity contribution >= 4 is 28.9 Å². The first kappa shape index (κ1) is 10.7. The summed E-state index contributed by atoms with van der Waals surface area (Å²) in [7, 11) is 0. The van der Waals surface area contributed by atoms with Crippen LogP contribution in [0, 0.1) is 6.92 Å². The monoisotopic (exact) mass is 220 g/mol. The third-order valence-corrected chi connectivity index (χ3v) is 2.80. The summed E-state index contributed by atoms with van der Waals surface area (Å²) >= 11 is 1.67. The first-order valence-electron chi connectivity index (χ1n) is 4.12. The molecule has 4 nitrogen and oxygen atoms in total. The highest BCUT2D eigenvalue weighted by Crippen LogP contribution is 2.19. The smallest absolute Gasteiger partial charge is 0.208 e. The number of rotatable bonds is 1. The van der Waals surface area contributed by atoms with Crippen molar-refractivity contribution in [1.29, 1.82) is 0 Å². The summed E-state index contributed by atoms with van der Waals surface area (Å²) in [5, 5.41) is 13.5. The third-order valence-electron chi connectivity index (χ3n) is 1.90. The van der Waals surface area contributed by atoms with Crippen molar-refractivity contribution in [3.05, 3.63) is 5.01 Å². The van der Waals surface area contributed by atoms with Crippen LogP contribution in [-0.4, -0.2) is 36.4 Å². The van der Waals surface area contributed by atoms with E-state index in [0.717, 1.165) is 36.3 Å². The fourth-order valence-electron chi connectivity index (χ4n) is 1.27. The predicted octanol–water partition coefficient (Wildman–Crippen LogP) is 0.678. The van der Waals surface area contributed by atoms with E-state index in [2.05, 4.69) is 20.4 Å². The Morgan fingerprint density at radius 1 is 1.31 bits per heavy atom. The van der Waals surface area contributed by atoms with E-state index >= 15 is 0 Å². The Morgan fingerprint density at radius 3 is 2.54 bits per heavy atom. The van der Waals surface area contributed by atoms with Gasteiger partial charge in [-0.1, -0.05) is 11.3 Å². The average molecular weight is 221 g/mol. The molecule has 0 bridgehead atoms. The van der Waals surface area contributed by atoms with Crippen LogP contribution in [0.5, 0.6) is 0 Å². The van der Waals surface area contributed by atoms with E-state index in [1.165, 1.54) is 0 Å². The highest BCUT2D eigenvalue weighted by atomic mass is 35.5. The van der Waals surface area contributed by atoms with E-state index in [9.17, 15) is 0 Å². The predicted molar refractivity (Wildman–Crippen MR) is 57.0 cm³/mol. The Bertz CT molecular complexity index is 259. The number of aryl methyl sites for hydroxylation is 1. The Labute approximate surface area is 87.8 Å². The van der Waals surface area contributed by atoms with Crippen LogP contribution < -0.4 is 10.2 Å². The van der Waals surface area contributed by atoms with Crippen LogP contribution in [0.4, 0.5) is 5.13 Å². The van der Waals surface area contributed by atoms with Gasteiger partial charge >= 0.3 is 0 Å². The summed E-state index contributed by atoms with van der Waals surface area (Å²) in [6.07, 6.45) is 0. The quantitative estimate of drug-likeness (QED) is 0.756. The number of piperazine rings is 1. The zero-order chi connectivity index (χ0) is 8.39. The van der Waals surface area contributed by atoms with Crippen LogP contribution in [0.25, 0.3) is 0 Å². The number of hydrogen-bond donors (Lipinski definition) is 1. The van der Waals surface area contributed by atoms with Crippen molar-refractivity contribution in [3.8, 4) is 0 Å². The Morgan fingerprint density at radius 2 is 2.00 bits per heavy atom. The molecule has 0 unspecified atom stereocenters. The van der Waals surface area contributed by atoms with Crippen LogP contribution >= 0.6 is 23.7 Å². The minimum Gasteiger partial charge on any atom is -0.344 e. The second kappa shape index (κ2) is 4.74. The van der Waals surface area contributed by atoms with E-state index in [1.807, 2.05) is 6.92 Å². The second-order valence-electron chi connectivity index (χ2n) is 2.84. The molecular weight excluding hydrogens is 208 g/mol. The lowest BCUT2D eigenvalue weighted by atomic mass is 10.4. The van der Waals surface area contributed by atoms with Gasteiger partial charge in [-0.2, -0.15) is 0 Å². The first-order valence-corrected chi connectivity index (χ1v) is 4.94. The molecule has 2 heterocycles. The molecule has 0 amide bonds. The van der Waals surface area contributed by atoms with E-state index in [0.29, 0.717) is 0 Å². The summed E-state index contributed by atoms with van der Waals surface area (Å²) in [6.45, 7) is 6.20. The topological polar surface area (TPSA) is 41.1 Å². The number of nitrogens with one attached hydrogen (secondary N) is 1. The molecule has 1 N–H and O–H groups in total. The molecule has 1 aliphatic heterocycles. The molecule has 2 rings (SSSR count). The Hall–Kier alpha value is -0.390. The van der Waals surface area contributed by atoms with Crippen molar-refractivity contribution in [2.45, 2.75) is 6.92 Å². The molecule has 0 radical (unpaired) electrons. The first-order chi connectivity index (χ1) is 5.86. The summed E-state index contributed by atoms with van der Waals surface area (Å²) in [6, 6.07) is 0. The Kier molecular flexibility index (Phi) is 3.90. The normalized spacial score (nSPS) is 16.8. The highest BCUT2D eigenvalue weighted by molar-refractivity contribution is 7.15. The van der Waals surface area contributed by atoms with Crippen LogP contribution in [0.3, 0.4) is 0 Å². The lowest BCUT2D eigenvalue weighted by molar-refractivity contribution is 0.587. The van der Waals surface area contributed by atoms with E-state index in [1.54, 1.807) is 11.3 Å². The van der Waals surface area contributed by atoms with Crippen molar-refractivity contribution in [3.63, 3.8) is 0 Å². The highest BCUT2D eigenvalue weighted by Gasteiger charge is 2.13. The van der Waals surface area contributed by atoms with E-state index < -0.39 is 0 Å². The van der Waals surface area contributed by atoms with Gasteiger partial charge in [-0.05, 0) is 6.92 Å². The molecular formula is C7H13ClN4S. The molecule has 1 aromatic rings. The zero-order valence-electron chi connectivity index (χ0n) is 7.49. The summed E-state index contributed by atoms with van der Waals surface area (Å²) in [4.78, 5) is 2.28. The number of halogens is 1. The second-order valence-corrected chi connectivity index (χ2v) is 4.00. The standard InChI is InChI=1S/C7H12N4S.ClH/c1-6-9-10-7(12-6)11-4-2-8-3-5-11;/h8H,2-5H2,1H3;1H. The molecule has 0 saturated carbocycles. The van der Waals surface area contributed by atoms with Crippen molar-refractivity contribution < 1.29 is 0 Å². The molecule has 1 saturated heterocycles. The minimum atomic E-state index is 0. The lowest BCUT2D eigenvalue weighted by Gasteiger charge is -2.26. The molecule has 0 aromatic carbocycles. The third kappa shape index (κ3) is 2.52. The van der Waals surface area contributed by atoms with Gasteiger partial charge in [0.05, 0.1) is 0 Å². The van der Waals surface area contributed by atoms with Gasteiger partial charge < -0.3 is 10.2 Å². The van der Waals surface area contributed by atoms with Gasteiger partial charge in [0.15, 0.2) is 0 Å². The van der Waals surface area contributed by atoms with Crippen molar-refractivity contribution in [2.75, 3.05) is 31.1 Å². The molecule has 1 aliphatic rings. The fraction of sp³-hybridized carbons (Fsp3) is 0.714. The van der Waals surface area contributed by atoms with Crippen LogP contribution in [0.2, 0.25) is 0 Å². The fourth-order valence-corrected chi connectivity index (χ4v) is 2.01. The van der Waals surface area contributed by atoms with Crippen LogP contribution in [-0.2, 0) is 0 Å². The van der Waals surface area contributed by atoms with Gasteiger partial charge in [-0.25, -0.2) is 0 Å². The van der Waals surface area contributed by atoms with E-state index in [-0.39, 0.29) is 12.4 Å². The van der Waals surface area contributed by atoms with Gasteiger partial charge in [-0.3, -0.25) is 0 Å². The molecule has 6 heteroatoms. The summed E-state index contributed by atoms with van der Waals surface area (Å²) < 4.78 is 0. The number of aromatic nitrogens is 2. The average Bonchev–Trinajstić information content (AvgIpc) is 2.54. The molecule has 0 aliphatic carbocycles. The summed E-state index contributed by atoms with van der Waals surface area (Å²) in [5.74, 6) is 0. The van der Waals surface area contributed by atoms with Crippen LogP contribution in [0.1, 0.15) is 5.01 Å². The van der Waals surface area contributed by atoms with Gasteiger partial charge in [0.2, 0.25) is 5.13 Å². The number of nitrogens with zero attached hydrogens (tertiary/aromatic N) is 3. The van der Waals surface area contributed by atoms with E-state index in [4.69, 9.17) is 0 Å². The maximum absolute atomic E-state index is 4.11. The molecule has 0 atom stereocenters. The molecule has 1 aromatic heterocycles. The number of hydrogen-bond acceptors (Lipinski definition) is 5. The Balaban J connectivity index is 0.000000845. The van der Waals surface area contributed by atoms with Gasteiger partial charge in [-0.15, -0.1) is 22.6 Å². The largest absolute Gasteiger partial charge is 0.344 e. The molecule has 13 heavy (non-hydrogen) atoms. The number of anilines is 1. The van der Waals surface area contributed by atoms with Gasteiger partial charge in [0, 0.05) is 26.2 Å².